The van der Waals surface area contributed by atoms with Crippen LogP contribution in [-0.4, -0.2) is 47.5 Å². The van der Waals surface area contributed by atoms with Gasteiger partial charge < -0.3 is 4.57 Å². The zero-order chi connectivity index (χ0) is 23.5. The van der Waals surface area contributed by atoms with E-state index in [9.17, 15) is 13.2 Å². The maximum atomic E-state index is 12.6. The number of ketones is 1. The Morgan fingerprint density at radius 2 is 1.81 bits per heavy atom. The van der Waals surface area contributed by atoms with Gasteiger partial charge in [-0.1, -0.05) is 56.8 Å². The number of rotatable bonds is 9. The Balaban J connectivity index is 1.60. The fourth-order valence-electron chi connectivity index (χ4n) is 3.03. The summed E-state index contributed by atoms with van der Waals surface area (Å²) < 4.78 is 26.7. The molecule has 172 valence electrons. The van der Waals surface area contributed by atoms with Crippen molar-refractivity contribution in [2.75, 3.05) is 18.6 Å². The molecule has 0 spiro atoms. The fraction of sp³-hybridized carbons (Fsp3) is 0.409. The maximum absolute atomic E-state index is 12.6. The van der Waals surface area contributed by atoms with Gasteiger partial charge >= 0.3 is 0 Å². The van der Waals surface area contributed by atoms with Crippen LogP contribution in [0.4, 0.5) is 0 Å². The van der Waals surface area contributed by atoms with E-state index in [0.29, 0.717) is 23.0 Å². The van der Waals surface area contributed by atoms with Gasteiger partial charge in [-0.15, -0.1) is 21.5 Å². The van der Waals surface area contributed by atoms with Crippen LogP contribution >= 0.6 is 23.1 Å². The van der Waals surface area contributed by atoms with Gasteiger partial charge in [0.2, 0.25) is 10.0 Å². The van der Waals surface area contributed by atoms with Crippen molar-refractivity contribution in [3.63, 3.8) is 0 Å². The Kier molecular flexibility index (Phi) is 7.59. The average Bonchev–Trinajstić information content (AvgIpc) is 3.31. The molecule has 0 aliphatic heterocycles. The molecule has 32 heavy (non-hydrogen) atoms. The molecule has 0 unspecified atom stereocenters. The van der Waals surface area contributed by atoms with E-state index >= 15 is 0 Å². The van der Waals surface area contributed by atoms with Gasteiger partial charge in [0.1, 0.15) is 0 Å². The zero-order valence-electron chi connectivity index (χ0n) is 18.9. The highest BCUT2D eigenvalue weighted by atomic mass is 32.2. The van der Waals surface area contributed by atoms with Crippen molar-refractivity contribution < 1.29 is 13.2 Å². The van der Waals surface area contributed by atoms with Crippen LogP contribution in [-0.2, 0) is 28.9 Å². The van der Waals surface area contributed by atoms with E-state index in [-0.39, 0.29) is 17.0 Å². The summed E-state index contributed by atoms with van der Waals surface area (Å²) in [5.41, 5.74) is 2.33. The minimum atomic E-state index is -3.21. The second kappa shape index (κ2) is 9.86. The van der Waals surface area contributed by atoms with E-state index in [4.69, 9.17) is 0 Å². The minimum Gasteiger partial charge on any atom is -0.305 e. The van der Waals surface area contributed by atoms with E-state index in [1.54, 1.807) is 6.07 Å². The summed E-state index contributed by atoms with van der Waals surface area (Å²) in [6, 6.07) is 12.0. The molecular formula is C22H28N4O3S3. The quantitative estimate of drug-likeness (QED) is 0.360. The van der Waals surface area contributed by atoms with Crippen molar-refractivity contribution in [3.05, 3.63) is 51.7 Å². The summed E-state index contributed by atoms with van der Waals surface area (Å²) in [4.78, 5) is 14.2. The van der Waals surface area contributed by atoms with Crippen LogP contribution in [0.3, 0.4) is 0 Å². The molecule has 1 aromatic carbocycles. The molecule has 7 nitrogen and oxygen atoms in total. The van der Waals surface area contributed by atoms with Gasteiger partial charge in [-0.05, 0) is 29.5 Å². The third-order valence-electron chi connectivity index (χ3n) is 4.85. The van der Waals surface area contributed by atoms with Gasteiger partial charge in [0.15, 0.2) is 16.8 Å². The molecule has 10 heteroatoms. The van der Waals surface area contributed by atoms with Crippen molar-refractivity contribution >= 4 is 38.9 Å². The third kappa shape index (κ3) is 6.50. The fourth-order valence-corrected chi connectivity index (χ4v) is 5.34. The molecule has 1 N–H and O–H groups in total. The van der Waals surface area contributed by atoms with E-state index in [2.05, 4.69) is 60.0 Å². The highest BCUT2D eigenvalue weighted by molar-refractivity contribution is 7.99. The molecule has 2 heterocycles. The van der Waals surface area contributed by atoms with E-state index in [1.807, 2.05) is 17.7 Å². The predicted molar refractivity (Wildman–Crippen MR) is 131 cm³/mol. The SMILES string of the molecule is Cn1c(SCC(=O)c2ccc(CCNS(C)(=O)=O)s2)nnc1-c1ccc(C(C)(C)C)cc1. The number of Topliss-reactive ketones (excluding diaryl/α,β-unsaturated/α-hetero) is 1. The van der Waals surface area contributed by atoms with Gasteiger partial charge in [-0.3, -0.25) is 4.79 Å². The lowest BCUT2D eigenvalue weighted by molar-refractivity contribution is 0.102. The molecule has 0 saturated heterocycles. The Hall–Kier alpha value is -2.01. The first-order valence-electron chi connectivity index (χ1n) is 10.1. The molecule has 0 fully saturated rings. The average molecular weight is 493 g/mol. The number of hydrogen-bond acceptors (Lipinski definition) is 7. The molecular weight excluding hydrogens is 464 g/mol. The van der Waals surface area contributed by atoms with Crippen molar-refractivity contribution in [1.82, 2.24) is 19.5 Å². The summed E-state index contributed by atoms with van der Waals surface area (Å²) in [5.74, 6) is 1.04. The van der Waals surface area contributed by atoms with E-state index in [0.717, 1.165) is 22.5 Å². The number of aromatic nitrogens is 3. The van der Waals surface area contributed by atoms with Gasteiger partial charge in [0.25, 0.3) is 0 Å². The maximum Gasteiger partial charge on any atom is 0.208 e. The Bertz CT molecular complexity index is 1190. The molecule has 0 saturated carbocycles. The smallest absolute Gasteiger partial charge is 0.208 e. The monoisotopic (exact) mass is 492 g/mol. The normalized spacial score (nSPS) is 12.3. The largest absolute Gasteiger partial charge is 0.305 e. The molecule has 2 aromatic heterocycles. The molecule has 0 atom stereocenters. The molecule has 0 aliphatic carbocycles. The number of sulfonamides is 1. The Morgan fingerprint density at radius 3 is 2.44 bits per heavy atom. The number of hydrogen-bond donors (Lipinski definition) is 1. The van der Waals surface area contributed by atoms with Crippen LogP contribution in [0.1, 0.15) is 40.9 Å². The Morgan fingerprint density at radius 1 is 1.12 bits per heavy atom. The highest BCUT2D eigenvalue weighted by Crippen LogP contribution is 2.27. The number of carbonyl (C=O) groups is 1. The Labute approximate surface area is 197 Å². The molecule has 0 aliphatic rings. The standard InChI is InChI=1S/C22H28N4O3S3/c1-22(2,3)16-8-6-15(7-9-16)20-24-25-21(26(20)4)30-14-18(27)19-11-10-17(31-19)12-13-23-32(5,28)29/h6-11,23H,12-14H2,1-5H3. The molecule has 0 radical (unpaired) electrons. The van der Waals surface area contributed by atoms with Gasteiger partial charge in [0.05, 0.1) is 16.9 Å². The molecule has 3 aromatic rings. The number of thioether (sulfide) groups is 1. The van der Waals surface area contributed by atoms with Gasteiger partial charge in [0, 0.05) is 24.0 Å². The van der Waals surface area contributed by atoms with Crippen LogP contribution in [0.2, 0.25) is 0 Å². The molecule has 3 rings (SSSR count). The minimum absolute atomic E-state index is 0.0152. The zero-order valence-corrected chi connectivity index (χ0v) is 21.3. The lowest BCUT2D eigenvalue weighted by Gasteiger charge is -2.19. The van der Waals surface area contributed by atoms with Crippen molar-refractivity contribution in [3.8, 4) is 11.4 Å². The number of thiophene rings is 1. The van der Waals surface area contributed by atoms with Gasteiger partial charge in [-0.25, -0.2) is 13.1 Å². The lowest BCUT2D eigenvalue weighted by atomic mass is 9.87. The molecule has 0 amide bonds. The van der Waals surface area contributed by atoms with Crippen molar-refractivity contribution in [2.45, 2.75) is 37.8 Å². The first-order chi connectivity index (χ1) is 14.9. The van der Waals surface area contributed by atoms with Crippen molar-refractivity contribution in [2.24, 2.45) is 7.05 Å². The van der Waals surface area contributed by atoms with Crippen LogP contribution < -0.4 is 4.72 Å². The number of carbonyl (C=O) groups excluding carboxylic acids is 1. The van der Waals surface area contributed by atoms with Crippen LogP contribution in [0.15, 0.2) is 41.6 Å². The second-order valence-electron chi connectivity index (χ2n) is 8.59. The summed E-state index contributed by atoms with van der Waals surface area (Å²) in [5, 5.41) is 9.26. The molecule has 0 bridgehead atoms. The van der Waals surface area contributed by atoms with Gasteiger partial charge in [-0.2, -0.15) is 0 Å². The number of benzene rings is 1. The topological polar surface area (TPSA) is 94.0 Å². The lowest BCUT2D eigenvalue weighted by Crippen LogP contribution is -2.23. The first kappa shape index (κ1) is 24.6. The van der Waals surface area contributed by atoms with Crippen LogP contribution in [0.5, 0.6) is 0 Å². The van der Waals surface area contributed by atoms with Crippen molar-refractivity contribution in [1.29, 1.82) is 0 Å². The summed E-state index contributed by atoms with van der Waals surface area (Å²) in [7, 11) is -1.30. The highest BCUT2D eigenvalue weighted by Gasteiger charge is 2.17. The summed E-state index contributed by atoms with van der Waals surface area (Å²) in [6.07, 6.45) is 1.69. The van der Waals surface area contributed by atoms with E-state index in [1.165, 1.54) is 28.7 Å². The number of nitrogens with one attached hydrogen (secondary N) is 1. The summed E-state index contributed by atoms with van der Waals surface area (Å²) in [6.45, 7) is 6.86. The predicted octanol–water partition coefficient (Wildman–Crippen LogP) is 3.91. The summed E-state index contributed by atoms with van der Waals surface area (Å²) >= 11 is 2.75. The van der Waals surface area contributed by atoms with E-state index < -0.39 is 10.0 Å². The van der Waals surface area contributed by atoms with Crippen LogP contribution in [0.25, 0.3) is 11.4 Å². The first-order valence-corrected chi connectivity index (χ1v) is 13.8. The third-order valence-corrected chi connectivity index (χ3v) is 7.78. The number of nitrogens with zero attached hydrogens (tertiary/aromatic N) is 3. The second-order valence-corrected chi connectivity index (χ2v) is 12.5. The van der Waals surface area contributed by atoms with Crippen LogP contribution in [0, 0.1) is 0 Å².